The van der Waals surface area contributed by atoms with Gasteiger partial charge in [-0.05, 0) is 64.4 Å². The average Bonchev–Trinajstić information content (AvgIpc) is 3.25. The number of amides is 1. The van der Waals surface area contributed by atoms with Gasteiger partial charge >= 0.3 is 0 Å². The van der Waals surface area contributed by atoms with Crippen molar-refractivity contribution in [3.8, 4) is 0 Å². The van der Waals surface area contributed by atoms with Crippen molar-refractivity contribution in [3.63, 3.8) is 0 Å². The molecule has 1 aromatic heterocycles. The van der Waals surface area contributed by atoms with Gasteiger partial charge in [-0.15, -0.1) is 10.2 Å². The Kier molecular flexibility index (Phi) is 7.26. The van der Waals surface area contributed by atoms with Crippen LogP contribution in [0.25, 0.3) is 0 Å². The second kappa shape index (κ2) is 10.5. The number of benzene rings is 3. The Labute approximate surface area is 199 Å². The predicted molar refractivity (Wildman–Crippen MR) is 135 cm³/mol. The summed E-state index contributed by atoms with van der Waals surface area (Å²) in [4.78, 5) is 12.4. The highest BCUT2D eigenvalue weighted by molar-refractivity contribution is 14.1. The van der Waals surface area contributed by atoms with Crippen molar-refractivity contribution in [1.82, 2.24) is 10.2 Å². The molecule has 0 aliphatic rings. The highest BCUT2D eigenvalue weighted by Gasteiger charge is 2.14. The number of hydrogen-bond acceptors (Lipinski definition) is 5. The van der Waals surface area contributed by atoms with Gasteiger partial charge < -0.3 is 5.32 Å². The van der Waals surface area contributed by atoms with Gasteiger partial charge in [0, 0.05) is 21.6 Å². The van der Waals surface area contributed by atoms with Crippen molar-refractivity contribution in [2.24, 2.45) is 0 Å². The number of aromatic nitrogens is 2. The van der Waals surface area contributed by atoms with E-state index in [4.69, 9.17) is 0 Å². The van der Waals surface area contributed by atoms with Crippen LogP contribution in [-0.4, -0.2) is 22.6 Å². The Balaban J connectivity index is 1.36. The molecule has 1 heterocycles. The van der Waals surface area contributed by atoms with Crippen LogP contribution in [0.4, 0.5) is 10.3 Å². The van der Waals surface area contributed by atoms with E-state index in [0.29, 0.717) is 21.7 Å². The Morgan fingerprint density at radius 2 is 1.42 bits per heavy atom. The van der Waals surface area contributed by atoms with Crippen molar-refractivity contribution in [2.75, 3.05) is 17.2 Å². The molecule has 0 spiro atoms. The van der Waals surface area contributed by atoms with Gasteiger partial charge in [-0.2, -0.15) is 0 Å². The summed E-state index contributed by atoms with van der Waals surface area (Å²) in [5.41, 5.74) is 3.18. The van der Waals surface area contributed by atoms with E-state index in [1.165, 1.54) is 22.5 Å². The summed E-state index contributed by atoms with van der Waals surface area (Å²) in [6, 6.07) is 28.4. The van der Waals surface area contributed by atoms with E-state index < -0.39 is 0 Å². The number of nitrogens with zero attached hydrogens (tertiary/aromatic N) is 2. The first-order chi connectivity index (χ1) is 15.2. The number of rotatable bonds is 8. The van der Waals surface area contributed by atoms with Gasteiger partial charge in [0.25, 0.3) is 5.91 Å². The normalized spacial score (nSPS) is 10.8. The second-order valence-corrected chi connectivity index (χ2v) is 9.19. The van der Waals surface area contributed by atoms with Crippen LogP contribution in [0.15, 0.2) is 84.9 Å². The summed E-state index contributed by atoms with van der Waals surface area (Å²) >= 11 is 3.55. The lowest BCUT2D eigenvalue weighted by Gasteiger charge is -2.18. The van der Waals surface area contributed by atoms with Gasteiger partial charge in [0.05, 0.1) is 0 Å². The molecule has 0 saturated carbocycles. The maximum absolute atomic E-state index is 12.4. The number of carbonyl (C=O) groups is 1. The molecule has 0 aliphatic heterocycles. The molecule has 4 rings (SSSR count). The minimum Gasteiger partial charge on any atom is -0.360 e. The predicted octanol–water partition coefficient (Wildman–Crippen LogP) is 6.03. The number of halogens is 1. The number of carbonyl (C=O) groups excluding carboxylic acids is 1. The molecule has 2 N–H and O–H groups in total. The van der Waals surface area contributed by atoms with Crippen molar-refractivity contribution < 1.29 is 4.79 Å². The molecule has 0 radical (unpaired) electrons. The van der Waals surface area contributed by atoms with Gasteiger partial charge in [-0.3, -0.25) is 10.1 Å². The number of nitrogens with one attached hydrogen (secondary N) is 2. The Bertz CT molecular complexity index is 1080. The minimum atomic E-state index is -0.188. The van der Waals surface area contributed by atoms with Crippen LogP contribution in [-0.2, 0) is 0 Å². The fourth-order valence-corrected chi connectivity index (χ4v) is 4.36. The van der Waals surface area contributed by atoms with Crippen LogP contribution in [0.3, 0.4) is 0 Å². The lowest BCUT2D eigenvalue weighted by atomic mass is 9.88. The fourth-order valence-electron chi connectivity index (χ4n) is 3.34. The molecule has 3 aromatic carbocycles. The molecule has 156 valence electrons. The van der Waals surface area contributed by atoms with Gasteiger partial charge in [0.1, 0.15) is 0 Å². The summed E-state index contributed by atoms with van der Waals surface area (Å²) in [6.07, 6.45) is 0.915. The molecule has 0 bridgehead atoms. The van der Waals surface area contributed by atoms with Crippen molar-refractivity contribution in [3.05, 3.63) is 105 Å². The van der Waals surface area contributed by atoms with Crippen LogP contribution in [0.5, 0.6) is 0 Å². The molecule has 0 saturated heterocycles. The van der Waals surface area contributed by atoms with Crippen molar-refractivity contribution in [2.45, 2.75) is 12.3 Å². The van der Waals surface area contributed by atoms with E-state index >= 15 is 0 Å². The van der Waals surface area contributed by atoms with Gasteiger partial charge in [0.2, 0.25) is 10.3 Å². The van der Waals surface area contributed by atoms with Crippen LogP contribution in [0.1, 0.15) is 33.8 Å². The smallest absolute Gasteiger partial charge is 0.257 e. The maximum atomic E-state index is 12.4. The highest BCUT2D eigenvalue weighted by atomic mass is 127. The third kappa shape index (κ3) is 5.89. The summed E-state index contributed by atoms with van der Waals surface area (Å²) in [7, 11) is 0. The third-order valence-corrected chi connectivity index (χ3v) is 6.38. The molecular formula is C24H21IN4OS. The molecule has 1 amide bonds. The SMILES string of the molecule is O=C(Nc1nnc(NCCC(c2ccccc2)c2ccccc2)s1)c1ccc(I)cc1. The van der Waals surface area contributed by atoms with Crippen LogP contribution in [0, 0.1) is 3.57 Å². The lowest BCUT2D eigenvalue weighted by molar-refractivity contribution is 0.102. The molecular weight excluding hydrogens is 519 g/mol. The Morgan fingerprint density at radius 3 is 2.03 bits per heavy atom. The van der Waals surface area contributed by atoms with Gasteiger partial charge in [-0.1, -0.05) is 72.0 Å². The topological polar surface area (TPSA) is 66.9 Å². The zero-order valence-electron chi connectivity index (χ0n) is 16.7. The van der Waals surface area contributed by atoms with E-state index in [9.17, 15) is 4.79 Å². The minimum absolute atomic E-state index is 0.188. The summed E-state index contributed by atoms with van der Waals surface area (Å²) in [6.45, 7) is 0.744. The Hall–Kier alpha value is -2.78. The summed E-state index contributed by atoms with van der Waals surface area (Å²) in [5, 5.41) is 15.6. The summed E-state index contributed by atoms with van der Waals surface area (Å²) < 4.78 is 1.08. The third-order valence-electron chi connectivity index (χ3n) is 4.86. The van der Waals surface area contributed by atoms with E-state index in [1.54, 1.807) is 12.1 Å². The zero-order valence-corrected chi connectivity index (χ0v) is 19.6. The number of anilines is 2. The summed E-state index contributed by atoms with van der Waals surface area (Å²) in [5.74, 6) is 0.107. The van der Waals surface area contributed by atoms with Gasteiger partial charge in [-0.25, -0.2) is 0 Å². The molecule has 0 unspecified atom stereocenters. The van der Waals surface area contributed by atoms with E-state index in [-0.39, 0.29) is 5.91 Å². The fraction of sp³-hybridized carbons (Fsp3) is 0.125. The first-order valence-electron chi connectivity index (χ1n) is 9.93. The molecule has 4 aromatic rings. The van der Waals surface area contributed by atoms with Crippen LogP contribution >= 0.6 is 33.9 Å². The monoisotopic (exact) mass is 540 g/mol. The van der Waals surface area contributed by atoms with Gasteiger partial charge in [0.15, 0.2) is 0 Å². The second-order valence-electron chi connectivity index (χ2n) is 6.96. The van der Waals surface area contributed by atoms with Crippen LogP contribution in [0.2, 0.25) is 0 Å². The maximum Gasteiger partial charge on any atom is 0.257 e. The number of hydrogen-bond donors (Lipinski definition) is 2. The van der Waals surface area contributed by atoms with Crippen LogP contribution < -0.4 is 10.6 Å². The standard InChI is InChI=1S/C24H21IN4OS/c25-20-13-11-19(12-14-20)22(30)27-24-29-28-23(31-24)26-16-15-21(17-7-3-1-4-8-17)18-9-5-2-6-10-18/h1-14,21H,15-16H2,(H,26,28)(H,27,29,30). The first-order valence-corrected chi connectivity index (χ1v) is 11.8. The molecule has 0 atom stereocenters. The quantitative estimate of drug-likeness (QED) is 0.268. The van der Waals surface area contributed by atoms with E-state index in [1.807, 2.05) is 24.3 Å². The lowest BCUT2D eigenvalue weighted by Crippen LogP contribution is -2.11. The molecule has 5 nitrogen and oxygen atoms in total. The zero-order chi connectivity index (χ0) is 21.5. The van der Waals surface area contributed by atoms with E-state index in [0.717, 1.165) is 16.5 Å². The van der Waals surface area contributed by atoms with Crippen molar-refractivity contribution in [1.29, 1.82) is 0 Å². The molecule has 7 heteroatoms. The highest BCUT2D eigenvalue weighted by Crippen LogP contribution is 2.28. The van der Waals surface area contributed by atoms with E-state index in [2.05, 4.69) is 92.0 Å². The molecule has 0 fully saturated rings. The Morgan fingerprint density at radius 1 is 0.839 bits per heavy atom. The molecule has 0 aliphatic carbocycles. The molecule has 31 heavy (non-hydrogen) atoms. The van der Waals surface area contributed by atoms with Crippen molar-refractivity contribution >= 4 is 50.1 Å². The largest absolute Gasteiger partial charge is 0.360 e. The first kappa shape index (κ1) is 21.5. The average molecular weight is 540 g/mol.